The molecule has 8 heteroatoms. The van der Waals surface area contributed by atoms with Crippen molar-refractivity contribution in [2.75, 3.05) is 11.9 Å². The summed E-state index contributed by atoms with van der Waals surface area (Å²) in [7, 11) is 0. The number of nitrogens with zero attached hydrogens (tertiary/aromatic N) is 2. The number of hydrogen-bond donors (Lipinski definition) is 3. The summed E-state index contributed by atoms with van der Waals surface area (Å²) in [6, 6.07) is 16.5. The van der Waals surface area contributed by atoms with Crippen LogP contribution < -0.4 is 10.2 Å². The van der Waals surface area contributed by atoms with Crippen LogP contribution in [0.25, 0.3) is 20.8 Å². The van der Waals surface area contributed by atoms with Crippen molar-refractivity contribution in [3.63, 3.8) is 0 Å². The second-order valence-corrected chi connectivity index (χ2v) is 7.58. The minimum Gasteiger partial charge on any atom is -0.492 e. The van der Waals surface area contributed by atoms with Crippen LogP contribution in [-0.2, 0) is 4.79 Å². The maximum Gasteiger partial charge on any atom is 0.334 e. The number of aromatic hydroxyl groups is 2. The third kappa shape index (κ3) is 4.17. The van der Waals surface area contributed by atoms with Gasteiger partial charge in [0.2, 0.25) is 11.8 Å². The Morgan fingerprint density at radius 2 is 1.83 bits per heavy atom. The summed E-state index contributed by atoms with van der Waals surface area (Å²) in [5, 5.41) is 23.0. The molecule has 4 rings (SSSR count). The van der Waals surface area contributed by atoms with Crippen molar-refractivity contribution in [2.45, 2.75) is 13.3 Å². The molecule has 0 aliphatic carbocycles. The first-order chi connectivity index (χ1) is 14.0. The second kappa shape index (κ2) is 7.84. The highest BCUT2D eigenvalue weighted by atomic mass is 32.1. The largest absolute Gasteiger partial charge is 0.492 e. The van der Waals surface area contributed by atoms with Crippen molar-refractivity contribution < 1.29 is 19.8 Å². The summed E-state index contributed by atoms with van der Waals surface area (Å²) >= 11 is 1.66. The molecule has 0 spiro atoms. The van der Waals surface area contributed by atoms with Gasteiger partial charge in [-0.3, -0.25) is 0 Å². The average Bonchev–Trinajstić information content (AvgIpc) is 3.26. The van der Waals surface area contributed by atoms with E-state index in [1.807, 2.05) is 30.3 Å². The smallest absolute Gasteiger partial charge is 0.334 e. The van der Waals surface area contributed by atoms with Crippen LogP contribution in [0.5, 0.6) is 11.8 Å². The molecule has 0 atom stereocenters. The minimum atomic E-state index is -0.583. The lowest BCUT2D eigenvalue weighted by Gasteiger charge is -2.08. The molecular formula is C21H19N3O4S. The summed E-state index contributed by atoms with van der Waals surface area (Å²) in [5.41, 5.74) is 4.11. The van der Waals surface area contributed by atoms with Crippen molar-refractivity contribution in [2.24, 2.45) is 0 Å². The fourth-order valence-corrected chi connectivity index (χ4v) is 3.91. The molecule has 3 N–H and O–H groups in total. The van der Waals surface area contributed by atoms with Gasteiger partial charge in [0.15, 0.2) is 0 Å². The van der Waals surface area contributed by atoms with E-state index in [1.165, 1.54) is 22.4 Å². The zero-order chi connectivity index (χ0) is 20.4. The van der Waals surface area contributed by atoms with Crippen molar-refractivity contribution in [3.8, 4) is 22.3 Å². The Balaban J connectivity index is 1.34. The quantitative estimate of drug-likeness (QED) is 0.446. The van der Waals surface area contributed by atoms with Gasteiger partial charge < -0.3 is 20.4 Å². The van der Waals surface area contributed by atoms with Crippen LogP contribution in [0.4, 0.5) is 5.69 Å². The number of hydrogen-bond acceptors (Lipinski definition) is 7. The molecule has 2 heterocycles. The van der Waals surface area contributed by atoms with Gasteiger partial charge in [0, 0.05) is 29.9 Å². The molecule has 0 fully saturated rings. The number of nitrogens with one attached hydrogen (secondary N) is 1. The first kappa shape index (κ1) is 18.8. The number of fused-ring (bicyclic) bond motifs is 1. The highest BCUT2D eigenvalue weighted by Crippen LogP contribution is 2.31. The van der Waals surface area contributed by atoms with E-state index < -0.39 is 5.97 Å². The summed E-state index contributed by atoms with van der Waals surface area (Å²) in [4.78, 5) is 21.4. The Morgan fingerprint density at radius 1 is 1.10 bits per heavy atom. The van der Waals surface area contributed by atoms with Gasteiger partial charge in [-0.1, -0.05) is 6.07 Å². The third-order valence-corrected chi connectivity index (χ3v) is 5.39. The lowest BCUT2D eigenvalue weighted by molar-refractivity contribution is -0.145. The first-order valence-corrected chi connectivity index (χ1v) is 9.83. The number of aromatic nitrogens is 2. The molecule has 148 valence electrons. The minimum absolute atomic E-state index is 0.0655. The van der Waals surface area contributed by atoms with Gasteiger partial charge in [-0.2, -0.15) is 0 Å². The van der Waals surface area contributed by atoms with Crippen LogP contribution in [0.15, 0.2) is 54.6 Å². The molecule has 0 aliphatic rings. The van der Waals surface area contributed by atoms with E-state index in [4.69, 9.17) is 4.84 Å². The molecule has 0 bridgehead atoms. The van der Waals surface area contributed by atoms with E-state index >= 15 is 0 Å². The van der Waals surface area contributed by atoms with Crippen LogP contribution in [0.1, 0.15) is 12.0 Å². The van der Waals surface area contributed by atoms with Crippen molar-refractivity contribution in [3.05, 3.63) is 60.2 Å². The monoisotopic (exact) mass is 409 g/mol. The molecule has 2 aromatic carbocycles. The maximum atomic E-state index is 11.8. The number of carbonyl (C=O) groups is 1. The normalized spacial score (nSPS) is 10.9. The standard InChI is InChI=1S/C21H19N3O4S/c1-13-2-7-16-17(12-13)29-21(23-16)14-3-5-15(6-4-14)22-11-10-20(27)28-24-18(25)8-9-19(24)26/h2-9,12,22,25-26H,10-11H2,1H3. The number of carbonyl (C=O) groups excluding carboxylic acids is 1. The van der Waals surface area contributed by atoms with Crippen LogP contribution in [0, 0.1) is 6.92 Å². The van der Waals surface area contributed by atoms with Crippen LogP contribution >= 0.6 is 11.3 Å². The molecule has 0 radical (unpaired) electrons. The van der Waals surface area contributed by atoms with Crippen molar-refractivity contribution in [1.29, 1.82) is 0 Å². The Hall–Kier alpha value is -3.52. The van der Waals surface area contributed by atoms with Crippen molar-refractivity contribution >= 4 is 33.2 Å². The van der Waals surface area contributed by atoms with Crippen LogP contribution in [0.3, 0.4) is 0 Å². The fraction of sp³-hybridized carbons (Fsp3) is 0.143. The zero-order valence-electron chi connectivity index (χ0n) is 15.6. The molecule has 0 unspecified atom stereocenters. The highest BCUT2D eigenvalue weighted by molar-refractivity contribution is 7.21. The van der Waals surface area contributed by atoms with Gasteiger partial charge in [-0.25, -0.2) is 9.78 Å². The third-order valence-electron chi connectivity index (χ3n) is 4.32. The molecule has 4 aromatic rings. The lowest BCUT2D eigenvalue weighted by Crippen LogP contribution is -2.21. The van der Waals surface area contributed by atoms with Gasteiger partial charge in [-0.15, -0.1) is 16.1 Å². The molecule has 0 amide bonds. The van der Waals surface area contributed by atoms with Crippen molar-refractivity contribution in [1.82, 2.24) is 9.71 Å². The number of thiazole rings is 1. The van der Waals surface area contributed by atoms with Crippen LogP contribution in [0.2, 0.25) is 0 Å². The van der Waals surface area contributed by atoms with E-state index in [-0.39, 0.29) is 18.2 Å². The Bertz CT molecular complexity index is 1150. The summed E-state index contributed by atoms with van der Waals surface area (Å²) in [6.07, 6.45) is 0.0655. The zero-order valence-corrected chi connectivity index (χ0v) is 16.4. The predicted octanol–water partition coefficient (Wildman–Crippen LogP) is 3.94. The SMILES string of the molecule is Cc1ccc2nc(-c3ccc(NCCC(=O)On4c(O)ccc4O)cc3)sc2c1. The molecule has 29 heavy (non-hydrogen) atoms. The number of benzene rings is 2. The molecule has 7 nitrogen and oxygen atoms in total. The van der Waals surface area contributed by atoms with Gasteiger partial charge >= 0.3 is 5.97 Å². The van der Waals surface area contributed by atoms with Gasteiger partial charge in [-0.05, 0) is 48.9 Å². The number of aryl methyl sites for hydroxylation is 1. The molecular weight excluding hydrogens is 390 g/mol. The van der Waals surface area contributed by atoms with E-state index in [1.54, 1.807) is 11.3 Å². The molecule has 0 aliphatic heterocycles. The van der Waals surface area contributed by atoms with Crippen LogP contribution in [-0.4, -0.2) is 32.4 Å². The Labute approximate surface area is 170 Å². The van der Waals surface area contributed by atoms with E-state index in [9.17, 15) is 15.0 Å². The second-order valence-electron chi connectivity index (χ2n) is 6.55. The maximum absolute atomic E-state index is 11.8. The van der Waals surface area contributed by atoms with E-state index in [0.29, 0.717) is 11.3 Å². The molecule has 0 saturated carbocycles. The molecule has 0 saturated heterocycles. The topological polar surface area (TPSA) is 96.6 Å². The summed E-state index contributed by atoms with van der Waals surface area (Å²) in [5.74, 6) is -1.27. The Morgan fingerprint density at radius 3 is 2.55 bits per heavy atom. The molecule has 2 aromatic heterocycles. The predicted molar refractivity (Wildman–Crippen MR) is 112 cm³/mol. The number of anilines is 1. The lowest BCUT2D eigenvalue weighted by atomic mass is 10.2. The number of rotatable bonds is 6. The first-order valence-electron chi connectivity index (χ1n) is 9.02. The van der Waals surface area contributed by atoms with E-state index in [2.05, 4.69) is 29.4 Å². The van der Waals surface area contributed by atoms with Gasteiger partial charge in [0.25, 0.3) is 0 Å². The average molecular weight is 409 g/mol. The van der Waals surface area contributed by atoms with Gasteiger partial charge in [0.1, 0.15) is 5.01 Å². The highest BCUT2D eigenvalue weighted by Gasteiger charge is 2.12. The Kier molecular flexibility index (Phi) is 5.09. The van der Waals surface area contributed by atoms with Gasteiger partial charge in [0.05, 0.1) is 16.6 Å². The van der Waals surface area contributed by atoms with E-state index in [0.717, 1.165) is 21.8 Å². The fourth-order valence-electron chi connectivity index (χ4n) is 2.84. The summed E-state index contributed by atoms with van der Waals surface area (Å²) < 4.78 is 1.84. The summed E-state index contributed by atoms with van der Waals surface area (Å²) in [6.45, 7) is 2.42.